The molecule has 3 N–H and O–H groups in total. The first-order valence-electron chi connectivity index (χ1n) is 11.2. The van der Waals surface area contributed by atoms with Crippen LogP contribution in [-0.2, 0) is 11.3 Å². The lowest BCUT2D eigenvalue weighted by Crippen LogP contribution is -2.35. The topological polar surface area (TPSA) is 79.3 Å². The summed E-state index contributed by atoms with van der Waals surface area (Å²) in [5, 5.41) is 18.2. The SMILES string of the molecule is C[C@H]1CC[C@@H](O)C(n2c3ccccc3c3c4c(c5c6ccccc6[nH]c5c32)CNC4=O)O1. The van der Waals surface area contributed by atoms with E-state index in [2.05, 4.69) is 46.1 Å². The molecule has 7 rings (SSSR count). The maximum atomic E-state index is 13.1. The first-order chi connectivity index (χ1) is 15.6. The second-order valence-corrected chi connectivity index (χ2v) is 9.05. The number of carbonyl (C=O) groups is 1. The van der Waals surface area contributed by atoms with Crippen molar-refractivity contribution in [2.75, 3.05) is 0 Å². The van der Waals surface area contributed by atoms with Crippen molar-refractivity contribution in [2.45, 2.75) is 44.7 Å². The minimum Gasteiger partial charge on any atom is -0.388 e. The van der Waals surface area contributed by atoms with Gasteiger partial charge in [0.2, 0.25) is 0 Å². The molecular formula is C26H23N3O3. The fourth-order valence-corrected chi connectivity index (χ4v) is 5.80. The Morgan fingerprint density at radius 1 is 1.03 bits per heavy atom. The Bertz CT molecular complexity index is 1580. The number of amides is 1. The summed E-state index contributed by atoms with van der Waals surface area (Å²) in [5.74, 6) is -0.0430. The van der Waals surface area contributed by atoms with Gasteiger partial charge in [-0.25, -0.2) is 0 Å². The highest BCUT2D eigenvalue weighted by molar-refractivity contribution is 6.30. The fourth-order valence-electron chi connectivity index (χ4n) is 5.80. The lowest BCUT2D eigenvalue weighted by molar-refractivity contribution is -0.144. The van der Waals surface area contributed by atoms with Crippen LogP contribution in [-0.4, -0.2) is 32.8 Å². The summed E-state index contributed by atoms with van der Waals surface area (Å²) in [7, 11) is 0. The van der Waals surface area contributed by atoms with Crippen LogP contribution in [0.2, 0.25) is 0 Å². The molecule has 0 spiro atoms. The number of aromatic nitrogens is 2. The van der Waals surface area contributed by atoms with Crippen LogP contribution in [0.1, 0.15) is 41.9 Å². The molecule has 1 fully saturated rings. The first kappa shape index (κ1) is 18.2. The maximum Gasteiger partial charge on any atom is 0.252 e. The van der Waals surface area contributed by atoms with Crippen LogP contribution < -0.4 is 5.32 Å². The monoisotopic (exact) mass is 425 g/mol. The van der Waals surface area contributed by atoms with Crippen LogP contribution in [0.25, 0.3) is 43.6 Å². The number of aliphatic hydroxyl groups excluding tert-OH is 1. The van der Waals surface area contributed by atoms with E-state index in [1.807, 2.05) is 24.3 Å². The summed E-state index contributed by atoms with van der Waals surface area (Å²) >= 11 is 0. The van der Waals surface area contributed by atoms with Crippen molar-refractivity contribution in [3.05, 3.63) is 59.7 Å². The van der Waals surface area contributed by atoms with Gasteiger partial charge in [-0.15, -0.1) is 0 Å². The summed E-state index contributed by atoms with van der Waals surface area (Å²) in [6.45, 7) is 2.57. The molecule has 2 aliphatic heterocycles. The molecule has 1 unspecified atom stereocenters. The summed E-state index contributed by atoms with van der Waals surface area (Å²) in [6, 6.07) is 16.3. The summed E-state index contributed by atoms with van der Waals surface area (Å²) in [6.07, 6.45) is 0.427. The standard InChI is InChI=1S/C26H23N3O3/c1-13-10-11-19(30)26(32-13)29-18-9-5-3-7-15(18)21-22-16(12-27-25(22)31)20-14-6-2-4-8-17(14)28-23(20)24(21)29/h2-9,13,19,26,28,30H,10-12H2,1H3,(H,27,31)/t13-,19+,26?/m0/s1. The van der Waals surface area contributed by atoms with Gasteiger partial charge < -0.3 is 24.7 Å². The van der Waals surface area contributed by atoms with Crippen molar-refractivity contribution in [3.8, 4) is 0 Å². The number of hydrogen-bond acceptors (Lipinski definition) is 3. The van der Waals surface area contributed by atoms with E-state index < -0.39 is 12.3 Å². The van der Waals surface area contributed by atoms with Crippen molar-refractivity contribution in [1.29, 1.82) is 0 Å². The molecule has 0 radical (unpaired) electrons. The van der Waals surface area contributed by atoms with Gasteiger partial charge in [-0.1, -0.05) is 36.4 Å². The largest absolute Gasteiger partial charge is 0.388 e. The van der Waals surface area contributed by atoms with Gasteiger partial charge in [0.25, 0.3) is 5.91 Å². The third-order valence-electron chi connectivity index (χ3n) is 7.18. The van der Waals surface area contributed by atoms with Crippen molar-refractivity contribution in [1.82, 2.24) is 14.9 Å². The molecule has 160 valence electrons. The van der Waals surface area contributed by atoms with E-state index in [1.165, 1.54) is 0 Å². The number of H-pyrrole nitrogens is 1. The lowest BCUT2D eigenvalue weighted by atomic mass is 9.97. The number of benzene rings is 3. The van der Waals surface area contributed by atoms with E-state index in [4.69, 9.17) is 4.74 Å². The van der Waals surface area contributed by atoms with Crippen molar-refractivity contribution >= 4 is 49.5 Å². The quantitative estimate of drug-likeness (QED) is 0.363. The van der Waals surface area contributed by atoms with Crippen LogP contribution in [0.15, 0.2) is 48.5 Å². The average Bonchev–Trinajstić information content (AvgIpc) is 3.47. The second-order valence-electron chi connectivity index (χ2n) is 9.05. The zero-order chi connectivity index (χ0) is 21.6. The highest BCUT2D eigenvalue weighted by Crippen LogP contribution is 2.45. The van der Waals surface area contributed by atoms with Crippen LogP contribution in [0.4, 0.5) is 0 Å². The third kappa shape index (κ3) is 2.23. The van der Waals surface area contributed by atoms with E-state index in [1.54, 1.807) is 0 Å². The van der Waals surface area contributed by atoms with E-state index in [0.717, 1.165) is 61.2 Å². The van der Waals surface area contributed by atoms with E-state index in [0.29, 0.717) is 13.0 Å². The zero-order valence-corrected chi connectivity index (χ0v) is 17.7. The highest BCUT2D eigenvalue weighted by atomic mass is 16.5. The summed E-state index contributed by atoms with van der Waals surface area (Å²) < 4.78 is 8.45. The number of hydrogen-bond donors (Lipinski definition) is 3. The van der Waals surface area contributed by atoms with Gasteiger partial charge in [-0.3, -0.25) is 4.79 Å². The van der Waals surface area contributed by atoms with Gasteiger partial charge in [-0.2, -0.15) is 0 Å². The molecule has 3 atom stereocenters. The van der Waals surface area contributed by atoms with Gasteiger partial charge in [0, 0.05) is 33.6 Å². The molecule has 6 nitrogen and oxygen atoms in total. The minimum absolute atomic E-state index is 0.0430. The molecule has 5 aromatic rings. The summed E-state index contributed by atoms with van der Waals surface area (Å²) in [4.78, 5) is 16.8. The van der Waals surface area contributed by atoms with Gasteiger partial charge in [0.05, 0.1) is 34.3 Å². The molecule has 4 heterocycles. The molecule has 2 aliphatic rings. The Morgan fingerprint density at radius 3 is 2.69 bits per heavy atom. The lowest BCUT2D eigenvalue weighted by Gasteiger charge is -2.34. The number of ether oxygens (including phenoxy) is 1. The van der Waals surface area contributed by atoms with Crippen LogP contribution in [0.3, 0.4) is 0 Å². The molecule has 6 heteroatoms. The predicted molar refractivity (Wildman–Crippen MR) is 125 cm³/mol. The Hall–Kier alpha value is -3.35. The number of para-hydroxylation sites is 2. The molecule has 0 bridgehead atoms. The van der Waals surface area contributed by atoms with Gasteiger partial charge in [0.1, 0.15) is 0 Å². The van der Waals surface area contributed by atoms with Crippen molar-refractivity contribution in [3.63, 3.8) is 0 Å². The zero-order valence-electron chi connectivity index (χ0n) is 17.7. The smallest absolute Gasteiger partial charge is 0.252 e. The van der Waals surface area contributed by atoms with Crippen molar-refractivity contribution < 1.29 is 14.6 Å². The molecule has 32 heavy (non-hydrogen) atoms. The van der Waals surface area contributed by atoms with Crippen LogP contribution in [0, 0.1) is 0 Å². The number of aromatic amines is 1. The fraction of sp³-hybridized carbons (Fsp3) is 0.269. The molecule has 1 amide bonds. The van der Waals surface area contributed by atoms with Crippen LogP contribution in [0.5, 0.6) is 0 Å². The molecule has 2 aromatic heterocycles. The Balaban J connectivity index is 1.75. The number of nitrogens with one attached hydrogen (secondary N) is 2. The Morgan fingerprint density at radius 2 is 1.81 bits per heavy atom. The third-order valence-corrected chi connectivity index (χ3v) is 7.18. The van der Waals surface area contributed by atoms with Gasteiger partial charge in [-0.05, 0) is 37.5 Å². The first-order valence-corrected chi connectivity index (χ1v) is 11.2. The number of aliphatic hydroxyl groups is 1. The average molecular weight is 425 g/mol. The van der Waals surface area contributed by atoms with E-state index in [9.17, 15) is 9.90 Å². The molecule has 0 aliphatic carbocycles. The molecule has 3 aromatic carbocycles. The van der Waals surface area contributed by atoms with Gasteiger partial charge >= 0.3 is 0 Å². The molecular weight excluding hydrogens is 402 g/mol. The summed E-state index contributed by atoms with van der Waals surface area (Å²) in [5.41, 5.74) is 5.69. The number of rotatable bonds is 1. The number of fused-ring (bicyclic) bond motifs is 10. The predicted octanol–water partition coefficient (Wildman–Crippen LogP) is 4.73. The normalized spacial score (nSPS) is 23.4. The Labute approximate surface area is 183 Å². The maximum absolute atomic E-state index is 13.1. The number of carbonyl (C=O) groups excluding carboxylic acids is 1. The van der Waals surface area contributed by atoms with Gasteiger partial charge in [0.15, 0.2) is 6.23 Å². The van der Waals surface area contributed by atoms with E-state index in [-0.39, 0.29) is 12.0 Å². The Kier molecular flexibility index (Phi) is 3.62. The molecule has 1 saturated heterocycles. The number of nitrogens with zero attached hydrogens (tertiary/aromatic N) is 1. The second kappa shape index (κ2) is 6.34. The van der Waals surface area contributed by atoms with Crippen LogP contribution >= 0.6 is 0 Å². The van der Waals surface area contributed by atoms with Crippen molar-refractivity contribution in [2.24, 2.45) is 0 Å². The highest BCUT2D eigenvalue weighted by Gasteiger charge is 2.35. The molecule has 0 saturated carbocycles. The minimum atomic E-state index is -0.619. The van der Waals surface area contributed by atoms with E-state index >= 15 is 0 Å².